The molecule has 1 N–H and O–H groups in total. The minimum Gasteiger partial charge on any atom is -0.331 e. The SMILES string of the molecule is FC(F)(F)c1ccccc1Nc1nc2ccc(Cl)cc2s1. The fourth-order valence-electron chi connectivity index (χ4n) is 1.91. The molecule has 0 aliphatic heterocycles. The van der Waals surface area contributed by atoms with Gasteiger partial charge in [-0.25, -0.2) is 4.98 Å². The number of alkyl halides is 3. The Balaban J connectivity index is 1.99. The molecule has 0 saturated heterocycles. The quantitative estimate of drug-likeness (QED) is 0.651. The number of halogens is 4. The van der Waals surface area contributed by atoms with Crippen LogP contribution in [0, 0.1) is 0 Å². The first-order valence-corrected chi connectivity index (χ1v) is 7.12. The highest BCUT2D eigenvalue weighted by Gasteiger charge is 2.33. The van der Waals surface area contributed by atoms with Crippen LogP contribution in [0.25, 0.3) is 10.2 Å². The summed E-state index contributed by atoms with van der Waals surface area (Å²) in [6.45, 7) is 0. The summed E-state index contributed by atoms with van der Waals surface area (Å²) in [6.07, 6.45) is -4.41. The van der Waals surface area contributed by atoms with Gasteiger partial charge in [-0.2, -0.15) is 13.2 Å². The van der Waals surface area contributed by atoms with Crippen molar-refractivity contribution >= 4 is 44.0 Å². The Kier molecular flexibility index (Phi) is 3.51. The van der Waals surface area contributed by atoms with Crippen molar-refractivity contribution in [2.24, 2.45) is 0 Å². The van der Waals surface area contributed by atoms with E-state index in [4.69, 9.17) is 11.6 Å². The average Bonchev–Trinajstić information content (AvgIpc) is 2.79. The van der Waals surface area contributed by atoms with Gasteiger partial charge >= 0.3 is 6.18 Å². The fourth-order valence-corrected chi connectivity index (χ4v) is 3.06. The maximum atomic E-state index is 12.9. The zero-order valence-corrected chi connectivity index (χ0v) is 12.0. The van der Waals surface area contributed by atoms with Crippen LogP contribution < -0.4 is 5.32 Å². The van der Waals surface area contributed by atoms with Gasteiger partial charge in [0, 0.05) is 5.02 Å². The topological polar surface area (TPSA) is 24.9 Å². The Hall–Kier alpha value is -1.79. The molecule has 108 valence electrons. The molecule has 3 rings (SSSR count). The van der Waals surface area contributed by atoms with Gasteiger partial charge in [-0.05, 0) is 30.3 Å². The van der Waals surface area contributed by atoms with E-state index in [0.29, 0.717) is 15.7 Å². The molecule has 0 bridgehead atoms. The van der Waals surface area contributed by atoms with E-state index in [2.05, 4.69) is 10.3 Å². The molecule has 1 heterocycles. The summed E-state index contributed by atoms with van der Waals surface area (Å²) in [5.74, 6) is 0. The van der Waals surface area contributed by atoms with Gasteiger partial charge in [-0.3, -0.25) is 0 Å². The third-order valence-electron chi connectivity index (χ3n) is 2.82. The summed E-state index contributed by atoms with van der Waals surface area (Å²) in [6, 6.07) is 10.5. The Bertz CT molecular complexity index is 798. The first-order valence-electron chi connectivity index (χ1n) is 5.93. The smallest absolute Gasteiger partial charge is 0.331 e. The minimum atomic E-state index is -4.41. The lowest BCUT2D eigenvalue weighted by Crippen LogP contribution is -2.08. The second kappa shape index (κ2) is 5.20. The molecule has 0 radical (unpaired) electrons. The molecule has 0 atom stereocenters. The Morgan fingerprint density at radius 3 is 2.62 bits per heavy atom. The Morgan fingerprint density at radius 2 is 1.86 bits per heavy atom. The van der Waals surface area contributed by atoms with Gasteiger partial charge in [0.25, 0.3) is 0 Å². The molecule has 0 aliphatic carbocycles. The number of para-hydroxylation sites is 1. The third-order valence-corrected chi connectivity index (χ3v) is 3.99. The molecule has 0 saturated carbocycles. The predicted molar refractivity (Wildman–Crippen MR) is 79.4 cm³/mol. The summed E-state index contributed by atoms with van der Waals surface area (Å²) >= 11 is 7.13. The van der Waals surface area contributed by atoms with Crippen LogP contribution in [-0.2, 0) is 6.18 Å². The summed E-state index contributed by atoms with van der Waals surface area (Å²) < 4.78 is 39.6. The predicted octanol–water partition coefficient (Wildman–Crippen LogP) is 5.71. The van der Waals surface area contributed by atoms with Crippen LogP contribution in [0.3, 0.4) is 0 Å². The number of benzene rings is 2. The van der Waals surface area contributed by atoms with E-state index in [1.54, 1.807) is 24.3 Å². The first kappa shape index (κ1) is 14.2. The fraction of sp³-hybridized carbons (Fsp3) is 0.0714. The van der Waals surface area contributed by atoms with E-state index in [1.807, 2.05) is 0 Å². The number of rotatable bonds is 2. The summed E-state index contributed by atoms with van der Waals surface area (Å²) in [4.78, 5) is 4.25. The molecular weight excluding hydrogens is 321 g/mol. The van der Waals surface area contributed by atoms with Crippen LogP contribution in [-0.4, -0.2) is 4.98 Å². The van der Waals surface area contributed by atoms with Crippen LogP contribution >= 0.6 is 22.9 Å². The lowest BCUT2D eigenvalue weighted by Gasteiger charge is -2.12. The molecule has 0 spiro atoms. The summed E-state index contributed by atoms with van der Waals surface area (Å²) in [7, 11) is 0. The van der Waals surface area contributed by atoms with Crippen molar-refractivity contribution in [1.82, 2.24) is 4.98 Å². The van der Waals surface area contributed by atoms with Crippen LogP contribution in [0.1, 0.15) is 5.56 Å². The van der Waals surface area contributed by atoms with Crippen molar-refractivity contribution in [3.63, 3.8) is 0 Å². The van der Waals surface area contributed by atoms with E-state index in [1.165, 1.54) is 23.5 Å². The average molecular weight is 329 g/mol. The maximum absolute atomic E-state index is 12.9. The van der Waals surface area contributed by atoms with Crippen LogP contribution in [0.5, 0.6) is 0 Å². The number of anilines is 2. The van der Waals surface area contributed by atoms with E-state index >= 15 is 0 Å². The number of aromatic nitrogens is 1. The van der Waals surface area contributed by atoms with Crippen molar-refractivity contribution in [2.45, 2.75) is 6.18 Å². The number of fused-ring (bicyclic) bond motifs is 1. The van der Waals surface area contributed by atoms with Crippen molar-refractivity contribution in [1.29, 1.82) is 0 Å². The molecule has 0 amide bonds. The molecule has 7 heteroatoms. The molecule has 1 aromatic heterocycles. The minimum absolute atomic E-state index is 0.0184. The monoisotopic (exact) mass is 328 g/mol. The molecule has 0 fully saturated rings. The number of nitrogens with one attached hydrogen (secondary N) is 1. The normalized spacial score (nSPS) is 11.8. The molecule has 2 aromatic carbocycles. The van der Waals surface area contributed by atoms with Crippen molar-refractivity contribution in [3.05, 3.63) is 53.1 Å². The molecule has 2 nitrogen and oxygen atoms in total. The van der Waals surface area contributed by atoms with Crippen LogP contribution in [0.2, 0.25) is 5.02 Å². The number of nitrogens with zero attached hydrogens (tertiary/aromatic N) is 1. The van der Waals surface area contributed by atoms with Gasteiger partial charge in [-0.15, -0.1) is 0 Å². The first-order chi connectivity index (χ1) is 9.93. The number of hydrogen-bond donors (Lipinski definition) is 1. The van der Waals surface area contributed by atoms with Crippen LogP contribution in [0.4, 0.5) is 24.0 Å². The highest BCUT2D eigenvalue weighted by Crippen LogP contribution is 2.37. The zero-order valence-electron chi connectivity index (χ0n) is 10.4. The molecule has 21 heavy (non-hydrogen) atoms. The van der Waals surface area contributed by atoms with E-state index in [0.717, 1.165) is 10.8 Å². The lowest BCUT2D eigenvalue weighted by atomic mass is 10.2. The van der Waals surface area contributed by atoms with E-state index in [-0.39, 0.29) is 5.69 Å². The van der Waals surface area contributed by atoms with Crippen molar-refractivity contribution < 1.29 is 13.2 Å². The standard InChI is InChI=1S/C14H8ClF3N2S/c15-8-5-6-11-12(7-8)21-13(20-11)19-10-4-2-1-3-9(10)14(16,17)18/h1-7H,(H,19,20). The third kappa shape index (κ3) is 2.96. The van der Waals surface area contributed by atoms with Crippen molar-refractivity contribution in [2.75, 3.05) is 5.32 Å². The van der Waals surface area contributed by atoms with Crippen molar-refractivity contribution in [3.8, 4) is 0 Å². The van der Waals surface area contributed by atoms with Crippen LogP contribution in [0.15, 0.2) is 42.5 Å². The number of thiazole rings is 1. The van der Waals surface area contributed by atoms with Gasteiger partial charge in [0.2, 0.25) is 0 Å². The van der Waals surface area contributed by atoms with Gasteiger partial charge in [0.05, 0.1) is 21.5 Å². The Labute approximate surface area is 127 Å². The zero-order chi connectivity index (χ0) is 15.0. The van der Waals surface area contributed by atoms with E-state index < -0.39 is 11.7 Å². The maximum Gasteiger partial charge on any atom is 0.418 e. The van der Waals surface area contributed by atoms with Gasteiger partial charge in [-0.1, -0.05) is 35.1 Å². The molecule has 0 aliphatic rings. The second-order valence-electron chi connectivity index (χ2n) is 4.30. The van der Waals surface area contributed by atoms with Gasteiger partial charge < -0.3 is 5.32 Å². The molecule has 3 aromatic rings. The summed E-state index contributed by atoms with van der Waals surface area (Å²) in [5.41, 5.74) is -0.0474. The highest BCUT2D eigenvalue weighted by atomic mass is 35.5. The molecular formula is C14H8ClF3N2S. The van der Waals surface area contributed by atoms with Gasteiger partial charge in [0.1, 0.15) is 0 Å². The lowest BCUT2D eigenvalue weighted by molar-refractivity contribution is -0.136. The second-order valence-corrected chi connectivity index (χ2v) is 5.77. The molecule has 0 unspecified atom stereocenters. The van der Waals surface area contributed by atoms with E-state index in [9.17, 15) is 13.2 Å². The summed E-state index contributed by atoms with van der Waals surface area (Å²) in [5, 5.41) is 3.69. The number of hydrogen-bond acceptors (Lipinski definition) is 3. The largest absolute Gasteiger partial charge is 0.418 e. The highest BCUT2D eigenvalue weighted by molar-refractivity contribution is 7.22. The Morgan fingerprint density at radius 1 is 1.10 bits per heavy atom. The van der Waals surface area contributed by atoms with Gasteiger partial charge in [0.15, 0.2) is 5.13 Å².